The van der Waals surface area contributed by atoms with Crippen LogP contribution >= 0.6 is 0 Å². The van der Waals surface area contributed by atoms with Crippen molar-refractivity contribution in [3.05, 3.63) is 0 Å². The molecule has 8 nitrogen and oxygen atoms in total. The number of nitrogens with two attached hydrogens (primary N) is 2. The van der Waals surface area contributed by atoms with Gasteiger partial charge >= 0.3 is 0 Å². The van der Waals surface area contributed by atoms with Crippen molar-refractivity contribution in [3.63, 3.8) is 0 Å². The first-order chi connectivity index (χ1) is 12.5. The summed E-state index contributed by atoms with van der Waals surface area (Å²) in [4.78, 5) is 22.6. The Morgan fingerprint density at radius 3 is 1.15 bits per heavy atom. The lowest BCUT2D eigenvalue weighted by Gasteiger charge is -2.09. The Bertz CT molecular complexity index is 335. The second-order valence-corrected chi connectivity index (χ2v) is 6.70. The number of hydrogen-bond donors (Lipinski definition) is 6. The Morgan fingerprint density at radius 2 is 0.885 bits per heavy atom. The Hall–Kier alpha value is -1.22. The highest BCUT2D eigenvalue weighted by molar-refractivity contribution is 5.81. The monoisotopic (exact) mass is 374 g/mol. The van der Waals surface area contributed by atoms with Crippen LogP contribution in [0.3, 0.4) is 0 Å². The smallest absolute Gasteiger partial charge is 0.239 e. The first-order valence-electron chi connectivity index (χ1n) is 9.81. The number of hydrogen-bond acceptors (Lipinski definition) is 6. The molecule has 0 heterocycles. The van der Waals surface area contributed by atoms with Crippen molar-refractivity contribution in [1.82, 2.24) is 10.6 Å². The van der Waals surface area contributed by atoms with E-state index in [1.807, 2.05) is 0 Å². The first-order valence-corrected chi connectivity index (χ1v) is 9.81. The van der Waals surface area contributed by atoms with Crippen LogP contribution in [0.4, 0.5) is 0 Å². The van der Waals surface area contributed by atoms with Crippen molar-refractivity contribution < 1.29 is 19.8 Å². The molecule has 0 radical (unpaired) electrons. The van der Waals surface area contributed by atoms with Gasteiger partial charge in [-0.3, -0.25) is 9.59 Å². The van der Waals surface area contributed by atoms with Crippen LogP contribution in [0.1, 0.15) is 64.2 Å². The molecule has 0 fully saturated rings. The fourth-order valence-electron chi connectivity index (χ4n) is 2.52. The van der Waals surface area contributed by atoms with E-state index < -0.39 is 12.1 Å². The molecular formula is C18H38N4O4. The summed E-state index contributed by atoms with van der Waals surface area (Å²) in [6.07, 6.45) is 11.3. The van der Waals surface area contributed by atoms with E-state index >= 15 is 0 Å². The summed E-state index contributed by atoms with van der Waals surface area (Å²) in [6, 6.07) is -1.63. The number of amides is 2. The zero-order valence-corrected chi connectivity index (χ0v) is 15.9. The average Bonchev–Trinajstić information content (AvgIpc) is 2.66. The molecule has 0 aliphatic rings. The number of carbonyl (C=O) groups excluding carboxylic acids is 2. The molecule has 0 aromatic carbocycles. The highest BCUT2D eigenvalue weighted by atomic mass is 16.3. The van der Waals surface area contributed by atoms with E-state index in [2.05, 4.69) is 10.6 Å². The van der Waals surface area contributed by atoms with Gasteiger partial charge in [0.15, 0.2) is 0 Å². The molecule has 26 heavy (non-hydrogen) atoms. The zero-order valence-electron chi connectivity index (χ0n) is 15.9. The summed E-state index contributed by atoms with van der Waals surface area (Å²) in [5, 5.41) is 22.9. The molecule has 0 unspecified atom stereocenters. The minimum atomic E-state index is -0.815. The molecule has 0 aromatic heterocycles. The normalized spacial score (nSPS) is 13.2. The standard InChI is InChI=1S/C18H38N4O4/c19-15(13-23)17(25)21-11-9-7-5-3-1-2-4-6-8-10-12-22-18(26)16(20)14-24/h15-16,23-24H,1-14,19-20H2,(H,21,25)(H,22,26)/t15-,16-/m0/s1. The Balaban J connectivity index is 3.23. The van der Waals surface area contributed by atoms with Crippen LogP contribution in [-0.2, 0) is 9.59 Å². The maximum Gasteiger partial charge on any atom is 0.239 e. The third-order valence-corrected chi connectivity index (χ3v) is 4.27. The summed E-state index contributed by atoms with van der Waals surface area (Å²) in [5.41, 5.74) is 10.8. The fraction of sp³-hybridized carbons (Fsp3) is 0.889. The molecule has 0 saturated carbocycles. The molecule has 8 N–H and O–H groups in total. The average molecular weight is 375 g/mol. The summed E-state index contributed by atoms with van der Waals surface area (Å²) < 4.78 is 0. The lowest BCUT2D eigenvalue weighted by atomic mass is 10.1. The lowest BCUT2D eigenvalue weighted by molar-refractivity contribution is -0.123. The molecule has 0 bridgehead atoms. The van der Waals surface area contributed by atoms with Gasteiger partial charge in [0.25, 0.3) is 0 Å². The van der Waals surface area contributed by atoms with Crippen LogP contribution in [0.5, 0.6) is 0 Å². The third-order valence-electron chi connectivity index (χ3n) is 4.27. The number of carbonyl (C=O) groups is 2. The van der Waals surface area contributed by atoms with Crippen molar-refractivity contribution >= 4 is 11.8 Å². The van der Waals surface area contributed by atoms with E-state index in [1.165, 1.54) is 38.5 Å². The van der Waals surface area contributed by atoms with Crippen molar-refractivity contribution in [2.75, 3.05) is 26.3 Å². The van der Waals surface area contributed by atoms with Crippen LogP contribution in [0.25, 0.3) is 0 Å². The molecule has 0 aromatic rings. The SMILES string of the molecule is N[C@@H](CO)C(=O)NCCCCCCCCCCCCNC(=O)[C@@H](N)CO. The van der Waals surface area contributed by atoms with Crippen LogP contribution in [-0.4, -0.2) is 60.4 Å². The van der Waals surface area contributed by atoms with Crippen molar-refractivity contribution in [2.45, 2.75) is 76.3 Å². The highest BCUT2D eigenvalue weighted by Crippen LogP contribution is 2.10. The summed E-state index contributed by atoms with van der Waals surface area (Å²) >= 11 is 0. The van der Waals surface area contributed by atoms with Gasteiger partial charge in [-0.1, -0.05) is 51.4 Å². The highest BCUT2D eigenvalue weighted by Gasteiger charge is 2.10. The maximum absolute atomic E-state index is 11.3. The molecule has 154 valence electrons. The number of aliphatic hydroxyl groups excluding tert-OH is 2. The van der Waals surface area contributed by atoms with Gasteiger partial charge in [0, 0.05) is 13.1 Å². The van der Waals surface area contributed by atoms with Gasteiger partial charge in [0.1, 0.15) is 12.1 Å². The van der Waals surface area contributed by atoms with Gasteiger partial charge in [0.2, 0.25) is 11.8 Å². The summed E-state index contributed by atoms with van der Waals surface area (Å²) in [5.74, 6) is -0.577. The van der Waals surface area contributed by atoms with Crippen molar-refractivity contribution in [2.24, 2.45) is 11.5 Å². The Kier molecular flexibility index (Phi) is 16.4. The van der Waals surface area contributed by atoms with Crippen LogP contribution in [0.15, 0.2) is 0 Å². The lowest BCUT2D eigenvalue weighted by Crippen LogP contribution is -2.43. The minimum Gasteiger partial charge on any atom is -0.394 e. The number of nitrogens with one attached hydrogen (secondary N) is 2. The predicted octanol–water partition coefficient (Wildman–Crippen LogP) is -0.241. The molecule has 2 atom stereocenters. The van der Waals surface area contributed by atoms with Gasteiger partial charge < -0.3 is 32.3 Å². The van der Waals surface area contributed by atoms with Gasteiger partial charge in [-0.25, -0.2) is 0 Å². The first kappa shape index (κ1) is 24.8. The van der Waals surface area contributed by atoms with E-state index in [9.17, 15) is 9.59 Å². The van der Waals surface area contributed by atoms with Crippen molar-refractivity contribution in [1.29, 1.82) is 0 Å². The molecule has 0 spiro atoms. The fourth-order valence-corrected chi connectivity index (χ4v) is 2.52. The van der Waals surface area contributed by atoms with Crippen LogP contribution in [0, 0.1) is 0 Å². The van der Waals surface area contributed by atoms with E-state index in [-0.39, 0.29) is 25.0 Å². The van der Waals surface area contributed by atoms with Crippen molar-refractivity contribution in [3.8, 4) is 0 Å². The van der Waals surface area contributed by atoms with Gasteiger partial charge in [0.05, 0.1) is 13.2 Å². The largest absolute Gasteiger partial charge is 0.394 e. The minimum absolute atomic E-state index is 0.289. The maximum atomic E-state index is 11.3. The Morgan fingerprint density at radius 1 is 0.615 bits per heavy atom. The van der Waals surface area contributed by atoms with Gasteiger partial charge in [-0.05, 0) is 12.8 Å². The molecular weight excluding hydrogens is 336 g/mol. The second-order valence-electron chi connectivity index (χ2n) is 6.70. The molecule has 0 saturated heterocycles. The third kappa shape index (κ3) is 14.0. The number of rotatable bonds is 17. The van der Waals surface area contributed by atoms with E-state index in [4.69, 9.17) is 21.7 Å². The quantitative estimate of drug-likeness (QED) is 0.193. The van der Waals surface area contributed by atoms with Crippen LogP contribution < -0.4 is 22.1 Å². The summed E-state index contributed by atoms with van der Waals surface area (Å²) in [7, 11) is 0. The molecule has 0 rings (SSSR count). The molecule has 2 amide bonds. The van der Waals surface area contributed by atoms with Gasteiger partial charge in [-0.15, -0.1) is 0 Å². The Labute approximate surface area is 157 Å². The summed E-state index contributed by atoms with van der Waals surface area (Å²) in [6.45, 7) is 0.593. The van der Waals surface area contributed by atoms with Crippen LogP contribution in [0.2, 0.25) is 0 Å². The second kappa shape index (κ2) is 17.2. The zero-order chi connectivity index (χ0) is 19.6. The number of unbranched alkanes of at least 4 members (excludes halogenated alkanes) is 9. The topological polar surface area (TPSA) is 151 Å². The molecule has 0 aliphatic carbocycles. The number of aliphatic hydroxyl groups is 2. The van der Waals surface area contributed by atoms with E-state index in [0.717, 1.165) is 25.7 Å². The molecule has 8 heteroatoms. The van der Waals surface area contributed by atoms with E-state index in [1.54, 1.807) is 0 Å². The molecule has 0 aliphatic heterocycles. The predicted molar refractivity (Wildman–Crippen MR) is 102 cm³/mol. The van der Waals surface area contributed by atoms with Gasteiger partial charge in [-0.2, -0.15) is 0 Å². The van der Waals surface area contributed by atoms with E-state index in [0.29, 0.717) is 13.1 Å².